The molecule has 2 heteroatoms. The van der Waals surface area contributed by atoms with Gasteiger partial charge in [0.2, 0.25) is 6.04 Å². The maximum atomic E-state index is 7.09. The summed E-state index contributed by atoms with van der Waals surface area (Å²) in [6.07, 6.45) is 0. The SMILES string of the molecule is [C-]#[N+]C(C)c1cc(C)cc(C)c1OCC. The minimum absolute atomic E-state index is 0.134. The molecule has 1 aromatic carbocycles. The van der Waals surface area contributed by atoms with Gasteiger partial charge in [0.15, 0.2) is 0 Å². The van der Waals surface area contributed by atoms with Crippen molar-refractivity contribution in [3.05, 3.63) is 40.2 Å². The summed E-state index contributed by atoms with van der Waals surface area (Å²) in [5, 5.41) is 0. The first-order valence-electron chi connectivity index (χ1n) is 5.20. The monoisotopic (exact) mass is 203 g/mol. The Balaban J connectivity index is 3.27. The number of rotatable bonds is 3. The second-order valence-electron chi connectivity index (χ2n) is 3.74. The summed E-state index contributed by atoms with van der Waals surface area (Å²) in [6.45, 7) is 15.7. The molecule has 0 aromatic heterocycles. The predicted octanol–water partition coefficient (Wildman–Crippen LogP) is 3.68. The van der Waals surface area contributed by atoms with Crippen molar-refractivity contribution in [1.29, 1.82) is 0 Å². The van der Waals surface area contributed by atoms with E-state index >= 15 is 0 Å². The third-order valence-electron chi connectivity index (χ3n) is 2.38. The summed E-state index contributed by atoms with van der Waals surface area (Å²) in [7, 11) is 0. The van der Waals surface area contributed by atoms with Gasteiger partial charge in [-0.15, -0.1) is 0 Å². The number of nitrogens with zero attached hydrogens (tertiary/aromatic N) is 1. The van der Waals surface area contributed by atoms with Crippen LogP contribution in [0.4, 0.5) is 0 Å². The Morgan fingerprint density at radius 1 is 1.40 bits per heavy atom. The summed E-state index contributed by atoms with van der Waals surface area (Å²) in [5.74, 6) is 0.881. The Morgan fingerprint density at radius 3 is 2.60 bits per heavy atom. The van der Waals surface area contributed by atoms with Gasteiger partial charge in [0.05, 0.1) is 12.2 Å². The van der Waals surface area contributed by atoms with Crippen LogP contribution in [-0.4, -0.2) is 6.61 Å². The fourth-order valence-electron chi connectivity index (χ4n) is 1.71. The number of aryl methyl sites for hydroxylation is 2. The summed E-state index contributed by atoms with van der Waals surface area (Å²) < 4.78 is 5.60. The highest BCUT2D eigenvalue weighted by Gasteiger charge is 2.17. The molecule has 1 unspecified atom stereocenters. The molecule has 0 N–H and O–H groups in total. The quantitative estimate of drug-likeness (QED) is 0.683. The summed E-state index contributed by atoms with van der Waals surface area (Å²) in [6, 6.07) is 4.00. The third kappa shape index (κ3) is 2.50. The van der Waals surface area contributed by atoms with Gasteiger partial charge >= 0.3 is 0 Å². The molecule has 15 heavy (non-hydrogen) atoms. The van der Waals surface area contributed by atoms with E-state index in [-0.39, 0.29) is 6.04 Å². The number of benzene rings is 1. The summed E-state index contributed by atoms with van der Waals surface area (Å²) in [5.41, 5.74) is 3.30. The molecule has 1 rings (SSSR count). The van der Waals surface area contributed by atoms with Crippen molar-refractivity contribution in [2.75, 3.05) is 6.61 Å². The van der Waals surface area contributed by atoms with Crippen molar-refractivity contribution in [3.63, 3.8) is 0 Å². The molecular formula is C13H17NO. The molecule has 0 aliphatic heterocycles. The van der Waals surface area contributed by atoms with Gasteiger partial charge in [0.1, 0.15) is 5.75 Å². The predicted molar refractivity (Wildman–Crippen MR) is 62.1 cm³/mol. The van der Waals surface area contributed by atoms with Gasteiger partial charge in [-0.3, -0.25) is 0 Å². The van der Waals surface area contributed by atoms with Gasteiger partial charge in [-0.05, 0) is 32.4 Å². The lowest BCUT2D eigenvalue weighted by molar-refractivity contribution is 0.333. The van der Waals surface area contributed by atoms with Crippen molar-refractivity contribution in [2.45, 2.75) is 33.7 Å². The number of ether oxygens (including phenoxy) is 1. The van der Waals surface area contributed by atoms with E-state index in [1.165, 1.54) is 5.56 Å². The second kappa shape index (κ2) is 4.84. The molecule has 0 saturated heterocycles. The fourth-order valence-corrected chi connectivity index (χ4v) is 1.71. The van der Waals surface area contributed by atoms with E-state index in [1.54, 1.807) is 0 Å². The van der Waals surface area contributed by atoms with E-state index in [4.69, 9.17) is 11.3 Å². The van der Waals surface area contributed by atoms with Gasteiger partial charge in [-0.1, -0.05) is 11.6 Å². The Bertz CT molecular complexity index is 390. The van der Waals surface area contributed by atoms with Crippen LogP contribution in [0.3, 0.4) is 0 Å². The molecule has 0 radical (unpaired) electrons. The zero-order valence-electron chi connectivity index (χ0n) is 9.79. The largest absolute Gasteiger partial charge is 0.493 e. The molecule has 0 fully saturated rings. The zero-order valence-corrected chi connectivity index (χ0v) is 9.79. The lowest BCUT2D eigenvalue weighted by atomic mass is 10.0. The van der Waals surface area contributed by atoms with Crippen LogP contribution in [0.2, 0.25) is 0 Å². The van der Waals surface area contributed by atoms with E-state index < -0.39 is 0 Å². The fraction of sp³-hybridized carbons (Fsp3) is 0.462. The summed E-state index contributed by atoms with van der Waals surface area (Å²) in [4.78, 5) is 3.55. The van der Waals surface area contributed by atoms with E-state index in [0.717, 1.165) is 16.9 Å². The standard InChI is InChI=1S/C13H17NO/c1-6-15-13-10(3)7-9(2)8-12(13)11(4)14-5/h7-8,11H,6H2,1-4H3. The molecule has 0 saturated carbocycles. The van der Waals surface area contributed by atoms with Gasteiger partial charge in [-0.25, -0.2) is 6.57 Å². The van der Waals surface area contributed by atoms with Crippen LogP contribution < -0.4 is 4.74 Å². The molecule has 0 amide bonds. The number of hydrogen-bond acceptors (Lipinski definition) is 1. The zero-order chi connectivity index (χ0) is 11.4. The van der Waals surface area contributed by atoms with Crippen molar-refractivity contribution < 1.29 is 4.74 Å². The molecule has 1 atom stereocenters. The average molecular weight is 203 g/mol. The van der Waals surface area contributed by atoms with Crippen molar-refractivity contribution in [3.8, 4) is 5.75 Å². The van der Waals surface area contributed by atoms with E-state index in [9.17, 15) is 0 Å². The Hall–Kier alpha value is -1.49. The highest BCUT2D eigenvalue weighted by Crippen LogP contribution is 2.32. The normalized spacial score (nSPS) is 11.9. The number of hydrogen-bond donors (Lipinski definition) is 0. The molecule has 80 valence electrons. The lowest BCUT2D eigenvalue weighted by Gasteiger charge is -2.13. The van der Waals surface area contributed by atoms with Gasteiger partial charge in [0.25, 0.3) is 0 Å². The van der Waals surface area contributed by atoms with Gasteiger partial charge < -0.3 is 9.58 Å². The molecule has 2 nitrogen and oxygen atoms in total. The van der Waals surface area contributed by atoms with Crippen molar-refractivity contribution >= 4 is 0 Å². The Kier molecular flexibility index (Phi) is 3.74. The first-order chi connectivity index (χ1) is 7.10. The highest BCUT2D eigenvalue weighted by molar-refractivity contribution is 5.46. The van der Waals surface area contributed by atoms with E-state index in [0.29, 0.717) is 6.61 Å². The second-order valence-corrected chi connectivity index (χ2v) is 3.74. The smallest absolute Gasteiger partial charge is 0.249 e. The van der Waals surface area contributed by atoms with Gasteiger partial charge in [-0.2, -0.15) is 0 Å². The van der Waals surface area contributed by atoms with Crippen LogP contribution in [0.25, 0.3) is 4.85 Å². The summed E-state index contributed by atoms with van der Waals surface area (Å²) >= 11 is 0. The Labute approximate surface area is 91.7 Å². The Morgan fingerprint density at radius 2 is 2.07 bits per heavy atom. The molecule has 1 aromatic rings. The third-order valence-corrected chi connectivity index (χ3v) is 2.38. The topological polar surface area (TPSA) is 13.6 Å². The first-order valence-corrected chi connectivity index (χ1v) is 5.20. The molecule has 0 spiro atoms. The highest BCUT2D eigenvalue weighted by atomic mass is 16.5. The molecular weight excluding hydrogens is 186 g/mol. The molecule has 0 aliphatic carbocycles. The van der Waals surface area contributed by atoms with E-state index in [1.807, 2.05) is 33.8 Å². The molecule has 0 bridgehead atoms. The van der Waals surface area contributed by atoms with E-state index in [2.05, 4.69) is 10.9 Å². The molecule has 0 aliphatic rings. The maximum absolute atomic E-state index is 7.09. The van der Waals surface area contributed by atoms with Crippen LogP contribution in [-0.2, 0) is 0 Å². The van der Waals surface area contributed by atoms with Crippen molar-refractivity contribution in [2.24, 2.45) is 0 Å². The maximum Gasteiger partial charge on any atom is 0.249 e. The van der Waals surface area contributed by atoms with Gasteiger partial charge in [0, 0.05) is 6.92 Å². The van der Waals surface area contributed by atoms with Crippen LogP contribution in [0.15, 0.2) is 12.1 Å². The van der Waals surface area contributed by atoms with Crippen LogP contribution in [0.5, 0.6) is 5.75 Å². The van der Waals surface area contributed by atoms with Crippen LogP contribution >= 0.6 is 0 Å². The van der Waals surface area contributed by atoms with Crippen molar-refractivity contribution in [1.82, 2.24) is 0 Å². The average Bonchev–Trinajstić information content (AvgIpc) is 2.20. The first kappa shape index (κ1) is 11.6. The van der Waals surface area contributed by atoms with Crippen LogP contribution in [0.1, 0.15) is 36.6 Å². The minimum Gasteiger partial charge on any atom is -0.493 e. The molecule has 0 heterocycles. The minimum atomic E-state index is -0.134. The van der Waals surface area contributed by atoms with Crippen LogP contribution in [0, 0.1) is 20.4 Å². The lowest BCUT2D eigenvalue weighted by Crippen LogP contribution is -2.01.